The van der Waals surface area contributed by atoms with Crippen LogP contribution in [0.2, 0.25) is 0 Å². The Morgan fingerprint density at radius 3 is 2.48 bits per heavy atom. The molecule has 156 valence electrons. The maximum Gasteiger partial charge on any atom is 0.387 e. The molecule has 0 aliphatic carbocycles. The summed E-state index contributed by atoms with van der Waals surface area (Å²) < 4.78 is 59.2. The second-order valence-corrected chi connectivity index (χ2v) is 5.94. The maximum absolute atomic E-state index is 13.8. The van der Waals surface area contributed by atoms with Gasteiger partial charge in [0.15, 0.2) is 29.0 Å². The van der Waals surface area contributed by atoms with Crippen LogP contribution in [0, 0.1) is 5.82 Å². The van der Waals surface area contributed by atoms with Crippen LogP contribution in [0.5, 0.6) is 23.0 Å². The average Bonchev–Trinajstić information content (AvgIpc) is 3.15. The van der Waals surface area contributed by atoms with E-state index in [9.17, 15) is 13.2 Å². The minimum absolute atomic E-state index is 0.0159. The molecular formula is C19H20F3N3O4. The minimum Gasteiger partial charge on any atom is -0.494 e. The average molecular weight is 411 g/mol. The number of ether oxygens (including phenoxy) is 4. The Bertz CT molecular complexity index is 893. The molecule has 0 bridgehead atoms. The second-order valence-electron chi connectivity index (χ2n) is 5.94. The molecule has 0 saturated carbocycles. The van der Waals surface area contributed by atoms with Gasteiger partial charge in [0, 0.05) is 31.8 Å². The number of benzene rings is 2. The molecule has 0 spiro atoms. The quantitative estimate of drug-likeness (QED) is 0.539. The van der Waals surface area contributed by atoms with Crippen LogP contribution in [0.3, 0.4) is 0 Å². The van der Waals surface area contributed by atoms with Gasteiger partial charge in [0.2, 0.25) is 6.79 Å². The van der Waals surface area contributed by atoms with Crippen LogP contribution in [0.25, 0.3) is 0 Å². The highest BCUT2D eigenvalue weighted by atomic mass is 19.3. The number of halogens is 3. The number of hydrogen-bond acceptors (Lipinski definition) is 5. The molecule has 29 heavy (non-hydrogen) atoms. The van der Waals surface area contributed by atoms with Crippen LogP contribution in [-0.4, -0.2) is 33.5 Å². The Balaban J connectivity index is 1.64. The highest BCUT2D eigenvalue weighted by Gasteiger charge is 2.20. The summed E-state index contributed by atoms with van der Waals surface area (Å²) in [5, 5.41) is 6.02. The monoisotopic (exact) mass is 411 g/mol. The van der Waals surface area contributed by atoms with Gasteiger partial charge in [-0.25, -0.2) is 4.39 Å². The molecule has 0 unspecified atom stereocenters. The first kappa shape index (κ1) is 20.4. The van der Waals surface area contributed by atoms with Gasteiger partial charge >= 0.3 is 6.61 Å². The predicted octanol–water partition coefficient (Wildman–Crippen LogP) is 3.03. The number of methoxy groups -OCH3 is 1. The third kappa shape index (κ3) is 5.15. The second kappa shape index (κ2) is 9.26. The summed E-state index contributed by atoms with van der Waals surface area (Å²) in [6, 6.07) is 7.53. The van der Waals surface area contributed by atoms with E-state index in [1.165, 1.54) is 25.3 Å². The molecule has 1 heterocycles. The largest absolute Gasteiger partial charge is 0.494 e. The van der Waals surface area contributed by atoms with Crippen molar-refractivity contribution in [1.82, 2.24) is 10.6 Å². The van der Waals surface area contributed by atoms with Gasteiger partial charge in [0.05, 0.1) is 7.11 Å². The van der Waals surface area contributed by atoms with Crippen molar-refractivity contribution < 1.29 is 32.1 Å². The number of nitrogens with zero attached hydrogens (tertiary/aromatic N) is 1. The number of nitrogens with one attached hydrogen (secondary N) is 2. The molecule has 10 heteroatoms. The van der Waals surface area contributed by atoms with Crippen molar-refractivity contribution >= 4 is 5.96 Å². The molecule has 2 aromatic carbocycles. The third-order valence-corrected chi connectivity index (χ3v) is 4.12. The molecule has 2 aromatic rings. The van der Waals surface area contributed by atoms with Gasteiger partial charge in [-0.1, -0.05) is 6.07 Å². The van der Waals surface area contributed by atoms with E-state index in [2.05, 4.69) is 20.4 Å². The van der Waals surface area contributed by atoms with Gasteiger partial charge in [-0.3, -0.25) is 4.99 Å². The SMILES string of the molecule is CN=C(NCc1ccc(OC)c(F)c1)NCc1cc2c(cc1OC(F)F)OCO2. The summed E-state index contributed by atoms with van der Waals surface area (Å²) in [5.41, 5.74) is 1.11. The molecule has 7 nitrogen and oxygen atoms in total. The number of hydrogen-bond donors (Lipinski definition) is 2. The van der Waals surface area contributed by atoms with Crippen molar-refractivity contribution in [2.24, 2.45) is 4.99 Å². The zero-order chi connectivity index (χ0) is 20.8. The molecule has 0 fully saturated rings. The fourth-order valence-corrected chi connectivity index (χ4v) is 2.71. The normalized spacial score (nSPS) is 12.8. The molecule has 3 rings (SSSR count). The molecule has 1 aliphatic heterocycles. The summed E-state index contributed by atoms with van der Waals surface area (Å²) >= 11 is 0. The lowest BCUT2D eigenvalue weighted by Crippen LogP contribution is -2.36. The molecule has 1 aliphatic rings. The van der Waals surface area contributed by atoms with Crippen LogP contribution >= 0.6 is 0 Å². The third-order valence-electron chi connectivity index (χ3n) is 4.12. The van der Waals surface area contributed by atoms with Crippen molar-refractivity contribution in [3.05, 3.63) is 47.3 Å². The van der Waals surface area contributed by atoms with Crippen LogP contribution < -0.4 is 29.6 Å². The highest BCUT2D eigenvalue weighted by Crippen LogP contribution is 2.38. The van der Waals surface area contributed by atoms with E-state index in [-0.39, 0.29) is 24.8 Å². The molecule has 2 N–H and O–H groups in total. The van der Waals surface area contributed by atoms with Crippen molar-refractivity contribution in [3.63, 3.8) is 0 Å². The van der Waals surface area contributed by atoms with Gasteiger partial charge < -0.3 is 29.6 Å². The smallest absolute Gasteiger partial charge is 0.387 e. The number of alkyl halides is 2. The first-order valence-corrected chi connectivity index (χ1v) is 8.64. The molecule has 0 saturated heterocycles. The van der Waals surface area contributed by atoms with Crippen molar-refractivity contribution in [1.29, 1.82) is 0 Å². The Morgan fingerprint density at radius 2 is 1.83 bits per heavy atom. The fourth-order valence-electron chi connectivity index (χ4n) is 2.71. The molecule has 0 radical (unpaired) electrons. The van der Waals surface area contributed by atoms with E-state index >= 15 is 0 Å². The summed E-state index contributed by atoms with van der Waals surface area (Å²) in [4.78, 5) is 4.07. The number of rotatable bonds is 7. The lowest BCUT2D eigenvalue weighted by atomic mass is 10.1. The van der Waals surface area contributed by atoms with Gasteiger partial charge in [-0.15, -0.1) is 0 Å². The molecule has 0 aromatic heterocycles. The Morgan fingerprint density at radius 1 is 1.10 bits per heavy atom. The molecule has 0 amide bonds. The predicted molar refractivity (Wildman–Crippen MR) is 99.2 cm³/mol. The lowest BCUT2D eigenvalue weighted by molar-refractivity contribution is -0.0505. The van der Waals surface area contributed by atoms with E-state index < -0.39 is 12.4 Å². The van der Waals surface area contributed by atoms with Crippen molar-refractivity contribution in [2.45, 2.75) is 19.7 Å². The van der Waals surface area contributed by atoms with E-state index in [1.807, 2.05) is 0 Å². The fraction of sp³-hybridized carbons (Fsp3) is 0.316. The van der Waals surface area contributed by atoms with E-state index in [4.69, 9.17) is 14.2 Å². The van der Waals surface area contributed by atoms with Crippen LogP contribution in [0.4, 0.5) is 13.2 Å². The van der Waals surface area contributed by atoms with E-state index in [1.54, 1.807) is 19.2 Å². The first-order chi connectivity index (χ1) is 14.0. The zero-order valence-electron chi connectivity index (χ0n) is 15.8. The summed E-state index contributed by atoms with van der Waals surface area (Å²) in [7, 11) is 2.95. The van der Waals surface area contributed by atoms with Crippen molar-refractivity contribution in [2.75, 3.05) is 21.0 Å². The van der Waals surface area contributed by atoms with Gasteiger partial charge in [0.25, 0.3) is 0 Å². The number of guanidine groups is 1. The Hall–Kier alpha value is -3.30. The van der Waals surface area contributed by atoms with Crippen LogP contribution in [0.15, 0.2) is 35.3 Å². The summed E-state index contributed by atoms with van der Waals surface area (Å²) in [6.45, 7) is -2.53. The lowest BCUT2D eigenvalue weighted by Gasteiger charge is -2.15. The number of aliphatic imine (C=N–C) groups is 1. The van der Waals surface area contributed by atoms with E-state index in [0.717, 1.165) is 0 Å². The molecule has 0 atom stereocenters. The Kier molecular flexibility index (Phi) is 6.53. The molecular weight excluding hydrogens is 391 g/mol. The van der Waals surface area contributed by atoms with Crippen molar-refractivity contribution in [3.8, 4) is 23.0 Å². The first-order valence-electron chi connectivity index (χ1n) is 8.64. The highest BCUT2D eigenvalue weighted by molar-refractivity contribution is 5.79. The standard InChI is InChI=1S/C19H20F3N3O4/c1-23-19(24-8-11-3-4-14(26-2)13(20)5-11)25-9-12-6-16-17(28-10-27-16)7-15(12)29-18(21)22/h3-7,18H,8-10H2,1-2H3,(H2,23,24,25). The van der Waals surface area contributed by atoms with E-state index in [0.29, 0.717) is 35.1 Å². The van der Waals surface area contributed by atoms with Gasteiger partial charge in [0.1, 0.15) is 5.75 Å². The van der Waals surface area contributed by atoms with Gasteiger partial charge in [-0.05, 0) is 23.8 Å². The van der Waals surface area contributed by atoms with Crippen LogP contribution in [-0.2, 0) is 13.1 Å². The zero-order valence-corrected chi connectivity index (χ0v) is 15.8. The topological polar surface area (TPSA) is 73.3 Å². The Labute approximate surface area is 165 Å². The maximum atomic E-state index is 13.8. The minimum atomic E-state index is -2.98. The summed E-state index contributed by atoms with van der Waals surface area (Å²) in [5.74, 6) is 0.842. The van der Waals surface area contributed by atoms with Crippen LogP contribution in [0.1, 0.15) is 11.1 Å². The summed E-state index contributed by atoms with van der Waals surface area (Å²) in [6.07, 6.45) is 0. The number of fused-ring (bicyclic) bond motifs is 1. The van der Waals surface area contributed by atoms with Gasteiger partial charge in [-0.2, -0.15) is 8.78 Å².